The molecule has 0 unspecified atom stereocenters. The monoisotopic (exact) mass is 233 g/mol. The second-order valence-corrected chi connectivity index (χ2v) is 4.87. The van der Waals surface area contributed by atoms with E-state index in [9.17, 15) is 0 Å². The van der Waals surface area contributed by atoms with Gasteiger partial charge < -0.3 is 10.2 Å². The maximum atomic E-state index is 4.22. The molecule has 0 saturated carbocycles. The van der Waals surface area contributed by atoms with Crippen LogP contribution in [0.4, 0.5) is 5.69 Å². The minimum Gasteiger partial charge on any atom is -0.371 e. The summed E-state index contributed by atoms with van der Waals surface area (Å²) in [6.07, 6.45) is 7.88. The Morgan fingerprint density at radius 1 is 1.41 bits per heavy atom. The highest BCUT2D eigenvalue weighted by atomic mass is 15.1. The van der Waals surface area contributed by atoms with Gasteiger partial charge in [-0.2, -0.15) is 0 Å². The first-order chi connectivity index (χ1) is 8.35. The molecule has 0 amide bonds. The van der Waals surface area contributed by atoms with Crippen LogP contribution in [0.15, 0.2) is 18.5 Å². The zero-order valence-corrected chi connectivity index (χ0v) is 10.9. The van der Waals surface area contributed by atoms with Crippen LogP contribution in [0.1, 0.15) is 31.7 Å². The Hall–Kier alpha value is -1.09. The Balaban J connectivity index is 2.07. The number of hydrogen-bond acceptors (Lipinski definition) is 3. The fourth-order valence-corrected chi connectivity index (χ4v) is 2.64. The Morgan fingerprint density at radius 3 is 2.82 bits per heavy atom. The third-order valence-electron chi connectivity index (χ3n) is 3.78. The lowest BCUT2D eigenvalue weighted by atomic mass is 9.94. The number of pyridine rings is 1. The second-order valence-electron chi connectivity index (χ2n) is 4.87. The maximum absolute atomic E-state index is 4.22. The normalized spacial score (nSPS) is 17.4. The average molecular weight is 233 g/mol. The number of hydrogen-bond donors (Lipinski definition) is 1. The van der Waals surface area contributed by atoms with Crippen LogP contribution in [-0.2, 0) is 6.54 Å². The predicted octanol–water partition coefficient (Wildman–Crippen LogP) is 2.43. The molecule has 1 N–H and O–H groups in total. The van der Waals surface area contributed by atoms with Crippen molar-refractivity contribution in [2.24, 2.45) is 5.92 Å². The zero-order valence-electron chi connectivity index (χ0n) is 10.9. The summed E-state index contributed by atoms with van der Waals surface area (Å²) in [5, 5.41) is 3.22. The molecule has 17 heavy (non-hydrogen) atoms. The van der Waals surface area contributed by atoms with Gasteiger partial charge in [0.1, 0.15) is 0 Å². The summed E-state index contributed by atoms with van der Waals surface area (Å²) < 4.78 is 0. The number of anilines is 1. The number of piperidine rings is 1. The molecule has 1 fully saturated rings. The van der Waals surface area contributed by atoms with Crippen LogP contribution in [0.5, 0.6) is 0 Å². The van der Waals surface area contributed by atoms with Gasteiger partial charge in [-0.25, -0.2) is 0 Å². The van der Waals surface area contributed by atoms with E-state index < -0.39 is 0 Å². The van der Waals surface area contributed by atoms with Crippen molar-refractivity contribution in [3.63, 3.8) is 0 Å². The van der Waals surface area contributed by atoms with Crippen molar-refractivity contribution >= 4 is 5.69 Å². The van der Waals surface area contributed by atoms with Crippen LogP contribution in [0.2, 0.25) is 0 Å². The van der Waals surface area contributed by atoms with Crippen LogP contribution in [-0.4, -0.2) is 25.1 Å². The second kappa shape index (κ2) is 6.01. The summed E-state index contributed by atoms with van der Waals surface area (Å²) in [6, 6.07) is 2.15. The van der Waals surface area contributed by atoms with Gasteiger partial charge in [0.15, 0.2) is 0 Å². The van der Waals surface area contributed by atoms with Gasteiger partial charge in [0.25, 0.3) is 0 Å². The van der Waals surface area contributed by atoms with E-state index in [0.29, 0.717) is 0 Å². The third-order valence-corrected chi connectivity index (χ3v) is 3.78. The minimum atomic E-state index is 0.900. The number of nitrogens with zero attached hydrogens (tertiary/aromatic N) is 2. The molecule has 1 saturated heterocycles. The highest BCUT2D eigenvalue weighted by Crippen LogP contribution is 2.26. The molecule has 0 radical (unpaired) electrons. The van der Waals surface area contributed by atoms with Crippen LogP contribution in [0, 0.1) is 5.92 Å². The van der Waals surface area contributed by atoms with Crippen molar-refractivity contribution < 1.29 is 0 Å². The number of nitrogens with one attached hydrogen (secondary N) is 1. The molecule has 1 aromatic heterocycles. The van der Waals surface area contributed by atoms with Crippen molar-refractivity contribution in [2.75, 3.05) is 25.0 Å². The Labute approximate surface area is 104 Å². The summed E-state index contributed by atoms with van der Waals surface area (Å²) in [7, 11) is 1.99. The first-order valence-electron chi connectivity index (χ1n) is 6.67. The van der Waals surface area contributed by atoms with Gasteiger partial charge in [0.2, 0.25) is 0 Å². The molecule has 1 aromatic rings. The Kier molecular flexibility index (Phi) is 4.37. The highest BCUT2D eigenvalue weighted by Gasteiger charge is 2.19. The van der Waals surface area contributed by atoms with Crippen molar-refractivity contribution in [3.8, 4) is 0 Å². The molecule has 2 heterocycles. The van der Waals surface area contributed by atoms with E-state index in [2.05, 4.69) is 28.2 Å². The topological polar surface area (TPSA) is 28.2 Å². The predicted molar refractivity (Wildman–Crippen MR) is 72.2 cm³/mol. The van der Waals surface area contributed by atoms with Gasteiger partial charge in [-0.1, -0.05) is 13.3 Å². The lowest BCUT2D eigenvalue weighted by Gasteiger charge is -2.34. The minimum absolute atomic E-state index is 0.900. The van der Waals surface area contributed by atoms with E-state index in [1.165, 1.54) is 43.6 Å². The van der Waals surface area contributed by atoms with Crippen molar-refractivity contribution in [3.05, 3.63) is 24.0 Å². The van der Waals surface area contributed by atoms with Crippen molar-refractivity contribution in [2.45, 2.75) is 32.7 Å². The lowest BCUT2D eigenvalue weighted by Crippen LogP contribution is -2.34. The summed E-state index contributed by atoms with van der Waals surface area (Å²) in [4.78, 5) is 6.74. The summed E-state index contributed by atoms with van der Waals surface area (Å²) in [5.74, 6) is 0.931. The smallest absolute Gasteiger partial charge is 0.0442 e. The van der Waals surface area contributed by atoms with E-state index in [4.69, 9.17) is 0 Å². The quantitative estimate of drug-likeness (QED) is 0.865. The molecule has 1 aliphatic rings. The summed E-state index contributed by atoms with van der Waals surface area (Å²) in [5.41, 5.74) is 2.67. The molecule has 2 rings (SSSR count). The van der Waals surface area contributed by atoms with Crippen LogP contribution in [0.3, 0.4) is 0 Å². The third kappa shape index (κ3) is 2.97. The lowest BCUT2D eigenvalue weighted by molar-refractivity contribution is 0.394. The van der Waals surface area contributed by atoms with Gasteiger partial charge in [0, 0.05) is 43.3 Å². The molecule has 0 spiro atoms. The van der Waals surface area contributed by atoms with E-state index in [1.807, 2.05) is 19.4 Å². The summed E-state index contributed by atoms with van der Waals surface area (Å²) >= 11 is 0. The van der Waals surface area contributed by atoms with E-state index >= 15 is 0 Å². The van der Waals surface area contributed by atoms with E-state index in [-0.39, 0.29) is 0 Å². The summed E-state index contributed by atoms with van der Waals surface area (Å²) in [6.45, 7) is 5.59. The number of rotatable bonds is 4. The van der Waals surface area contributed by atoms with Gasteiger partial charge in [-0.3, -0.25) is 4.98 Å². The van der Waals surface area contributed by atoms with E-state index in [1.54, 1.807) is 0 Å². The SMILES string of the molecule is CCC1CCN(c2ccncc2CNC)CC1. The van der Waals surface area contributed by atoms with Crippen LogP contribution >= 0.6 is 0 Å². The van der Waals surface area contributed by atoms with E-state index in [0.717, 1.165) is 12.5 Å². The van der Waals surface area contributed by atoms with Crippen molar-refractivity contribution in [1.82, 2.24) is 10.3 Å². The molecule has 94 valence electrons. The average Bonchev–Trinajstić information content (AvgIpc) is 2.40. The fourth-order valence-electron chi connectivity index (χ4n) is 2.64. The van der Waals surface area contributed by atoms with Crippen LogP contribution in [0.25, 0.3) is 0 Å². The Morgan fingerprint density at radius 2 is 2.18 bits per heavy atom. The largest absolute Gasteiger partial charge is 0.371 e. The number of aromatic nitrogens is 1. The zero-order chi connectivity index (χ0) is 12.1. The molecule has 3 heteroatoms. The van der Waals surface area contributed by atoms with Gasteiger partial charge in [-0.15, -0.1) is 0 Å². The maximum Gasteiger partial charge on any atom is 0.0442 e. The Bertz CT molecular complexity index is 343. The first kappa shape index (κ1) is 12.4. The molecule has 0 atom stereocenters. The first-order valence-corrected chi connectivity index (χ1v) is 6.67. The molecule has 1 aliphatic heterocycles. The molecular formula is C14H23N3. The standard InChI is InChI=1S/C14H23N3/c1-3-12-5-8-17(9-6-12)14-4-7-16-11-13(14)10-15-2/h4,7,11-12,15H,3,5-6,8-10H2,1-2H3. The molecule has 0 aliphatic carbocycles. The highest BCUT2D eigenvalue weighted by molar-refractivity contribution is 5.52. The molecule has 0 bridgehead atoms. The molecule has 3 nitrogen and oxygen atoms in total. The molecule has 0 aromatic carbocycles. The fraction of sp³-hybridized carbons (Fsp3) is 0.643. The van der Waals surface area contributed by atoms with Gasteiger partial charge in [0.05, 0.1) is 0 Å². The van der Waals surface area contributed by atoms with Gasteiger partial charge >= 0.3 is 0 Å². The molecular weight excluding hydrogens is 210 g/mol. The van der Waals surface area contributed by atoms with Gasteiger partial charge in [-0.05, 0) is 31.9 Å². The van der Waals surface area contributed by atoms with Crippen LogP contribution < -0.4 is 10.2 Å². The van der Waals surface area contributed by atoms with Crippen molar-refractivity contribution in [1.29, 1.82) is 0 Å².